The molecule has 0 aliphatic carbocycles. The first-order chi connectivity index (χ1) is 13.2. The lowest BCUT2D eigenvalue weighted by Crippen LogP contribution is -2.49. The number of carbonyl (C=O) groups is 1. The van der Waals surface area contributed by atoms with Gasteiger partial charge in [0.05, 0.1) is 11.5 Å². The van der Waals surface area contributed by atoms with E-state index in [4.69, 9.17) is 4.74 Å². The molecule has 0 unspecified atom stereocenters. The molecule has 1 amide bonds. The van der Waals surface area contributed by atoms with E-state index in [1.807, 2.05) is 20.8 Å². The number of piperazine rings is 1. The molecular formula is C18H24N6O4. The first-order valence-electron chi connectivity index (χ1n) is 9.08. The van der Waals surface area contributed by atoms with E-state index in [0.717, 1.165) is 0 Å². The molecule has 1 aliphatic rings. The van der Waals surface area contributed by atoms with Gasteiger partial charge in [0.25, 0.3) is 5.69 Å². The van der Waals surface area contributed by atoms with Gasteiger partial charge in [-0.15, -0.1) is 0 Å². The van der Waals surface area contributed by atoms with Crippen LogP contribution in [0.15, 0.2) is 24.3 Å². The lowest BCUT2D eigenvalue weighted by molar-refractivity contribution is -0.384. The van der Waals surface area contributed by atoms with Gasteiger partial charge < -0.3 is 9.64 Å². The third-order valence-corrected chi connectivity index (χ3v) is 4.24. The number of benzene rings is 1. The van der Waals surface area contributed by atoms with Crippen LogP contribution in [0.5, 0.6) is 0 Å². The summed E-state index contributed by atoms with van der Waals surface area (Å²) in [5, 5.41) is 18.0. The molecule has 0 saturated carbocycles. The molecule has 28 heavy (non-hydrogen) atoms. The number of aromatic amines is 1. The fraction of sp³-hybridized carbons (Fsp3) is 0.500. The number of rotatable bonds is 4. The van der Waals surface area contributed by atoms with Crippen molar-refractivity contribution in [2.45, 2.75) is 32.9 Å². The zero-order chi connectivity index (χ0) is 20.3. The minimum absolute atomic E-state index is 0.00196. The van der Waals surface area contributed by atoms with E-state index in [9.17, 15) is 14.9 Å². The molecule has 2 heterocycles. The summed E-state index contributed by atoms with van der Waals surface area (Å²) in [4.78, 5) is 30.9. The van der Waals surface area contributed by atoms with Crippen LogP contribution in [0.2, 0.25) is 0 Å². The average Bonchev–Trinajstić information content (AvgIpc) is 3.09. The quantitative estimate of drug-likeness (QED) is 0.631. The number of nitrogens with zero attached hydrogens (tertiary/aromatic N) is 5. The van der Waals surface area contributed by atoms with Crippen molar-refractivity contribution in [3.63, 3.8) is 0 Å². The molecule has 1 N–H and O–H groups in total. The predicted molar refractivity (Wildman–Crippen MR) is 102 cm³/mol. The molecule has 2 aromatic rings. The maximum atomic E-state index is 12.1. The normalized spacial score (nSPS) is 15.5. The Labute approximate surface area is 162 Å². The lowest BCUT2D eigenvalue weighted by Gasteiger charge is -2.35. The highest BCUT2D eigenvalue weighted by atomic mass is 16.6. The Bertz CT molecular complexity index is 852. The zero-order valence-electron chi connectivity index (χ0n) is 16.2. The Morgan fingerprint density at radius 3 is 2.64 bits per heavy atom. The van der Waals surface area contributed by atoms with E-state index < -0.39 is 10.5 Å². The van der Waals surface area contributed by atoms with Crippen LogP contribution in [-0.2, 0) is 11.3 Å². The van der Waals surface area contributed by atoms with Crippen LogP contribution in [0.3, 0.4) is 0 Å². The number of ether oxygens (including phenoxy) is 1. The minimum atomic E-state index is -0.503. The highest BCUT2D eigenvalue weighted by Gasteiger charge is 2.26. The third-order valence-electron chi connectivity index (χ3n) is 4.24. The first-order valence-corrected chi connectivity index (χ1v) is 9.08. The number of carbonyl (C=O) groups excluding carboxylic acids is 1. The second kappa shape index (κ2) is 7.93. The number of aromatic nitrogens is 3. The van der Waals surface area contributed by atoms with Crippen molar-refractivity contribution >= 4 is 11.8 Å². The second-order valence-corrected chi connectivity index (χ2v) is 7.66. The van der Waals surface area contributed by atoms with Gasteiger partial charge in [-0.2, -0.15) is 5.10 Å². The van der Waals surface area contributed by atoms with Gasteiger partial charge >= 0.3 is 6.09 Å². The smallest absolute Gasteiger partial charge is 0.410 e. The summed E-state index contributed by atoms with van der Waals surface area (Å²) >= 11 is 0. The molecule has 1 aliphatic heterocycles. The Balaban J connectivity index is 1.56. The van der Waals surface area contributed by atoms with Gasteiger partial charge in [0.1, 0.15) is 11.4 Å². The fourth-order valence-electron chi connectivity index (χ4n) is 2.88. The molecular weight excluding hydrogens is 364 g/mol. The molecule has 150 valence electrons. The third kappa shape index (κ3) is 5.03. The van der Waals surface area contributed by atoms with Crippen molar-refractivity contribution in [3.8, 4) is 11.4 Å². The van der Waals surface area contributed by atoms with Crippen molar-refractivity contribution in [1.82, 2.24) is 25.0 Å². The highest BCUT2D eigenvalue weighted by Crippen LogP contribution is 2.21. The molecule has 0 spiro atoms. The maximum Gasteiger partial charge on any atom is 0.410 e. The molecule has 3 rings (SSSR count). The van der Waals surface area contributed by atoms with Gasteiger partial charge in [-0.3, -0.25) is 20.1 Å². The van der Waals surface area contributed by atoms with Crippen LogP contribution in [0, 0.1) is 10.1 Å². The number of nitro benzene ring substituents is 1. The Kier molecular flexibility index (Phi) is 5.59. The predicted octanol–water partition coefficient (Wildman–Crippen LogP) is 2.43. The number of nitrogens with one attached hydrogen (secondary N) is 1. The van der Waals surface area contributed by atoms with Crippen LogP contribution in [0.25, 0.3) is 11.4 Å². The van der Waals surface area contributed by atoms with Crippen molar-refractivity contribution in [2.75, 3.05) is 26.2 Å². The standard InChI is InChI=1S/C18H24N6O4/c1-18(2,3)28-17(25)23-9-7-22(8-10-23)12-15-19-16(21-20-15)13-5-4-6-14(11-13)24(26)27/h4-6,11H,7-10,12H2,1-3H3,(H,19,20,21). The number of hydrogen-bond acceptors (Lipinski definition) is 7. The molecule has 10 nitrogen and oxygen atoms in total. The van der Waals surface area contributed by atoms with Crippen molar-refractivity contribution < 1.29 is 14.5 Å². The molecule has 1 aromatic carbocycles. The van der Waals surface area contributed by atoms with Gasteiger partial charge in [0.15, 0.2) is 5.82 Å². The summed E-state index contributed by atoms with van der Waals surface area (Å²) in [5.74, 6) is 1.10. The minimum Gasteiger partial charge on any atom is -0.444 e. The number of hydrogen-bond donors (Lipinski definition) is 1. The van der Waals surface area contributed by atoms with Crippen LogP contribution in [0.1, 0.15) is 26.6 Å². The zero-order valence-corrected chi connectivity index (χ0v) is 16.2. The van der Waals surface area contributed by atoms with E-state index in [0.29, 0.717) is 49.9 Å². The van der Waals surface area contributed by atoms with E-state index >= 15 is 0 Å². The summed E-state index contributed by atoms with van der Waals surface area (Å²) < 4.78 is 5.40. The summed E-state index contributed by atoms with van der Waals surface area (Å²) in [5.41, 5.74) is 0.0883. The average molecular weight is 388 g/mol. The highest BCUT2D eigenvalue weighted by molar-refractivity contribution is 5.68. The van der Waals surface area contributed by atoms with Gasteiger partial charge in [-0.25, -0.2) is 9.78 Å². The maximum absolute atomic E-state index is 12.1. The molecule has 0 atom stereocenters. The summed E-state index contributed by atoms with van der Waals surface area (Å²) in [6.45, 7) is 8.68. The number of amides is 1. The number of non-ortho nitro benzene ring substituents is 1. The Morgan fingerprint density at radius 2 is 2.00 bits per heavy atom. The second-order valence-electron chi connectivity index (χ2n) is 7.66. The van der Waals surface area contributed by atoms with E-state index in [-0.39, 0.29) is 11.8 Å². The van der Waals surface area contributed by atoms with E-state index in [1.54, 1.807) is 17.0 Å². The summed E-state index contributed by atoms with van der Waals surface area (Å²) in [6.07, 6.45) is -0.292. The Morgan fingerprint density at radius 1 is 1.29 bits per heavy atom. The molecule has 0 radical (unpaired) electrons. The number of nitro groups is 1. The molecule has 1 saturated heterocycles. The van der Waals surface area contributed by atoms with Crippen LogP contribution < -0.4 is 0 Å². The molecule has 10 heteroatoms. The van der Waals surface area contributed by atoms with Gasteiger partial charge in [0.2, 0.25) is 0 Å². The topological polar surface area (TPSA) is 117 Å². The molecule has 1 fully saturated rings. The van der Waals surface area contributed by atoms with Gasteiger partial charge in [-0.1, -0.05) is 12.1 Å². The molecule has 1 aromatic heterocycles. The van der Waals surface area contributed by atoms with Gasteiger partial charge in [-0.05, 0) is 20.8 Å². The number of H-pyrrole nitrogens is 1. The Hall–Kier alpha value is -3.01. The van der Waals surface area contributed by atoms with Crippen LogP contribution in [-0.4, -0.2) is 67.8 Å². The summed E-state index contributed by atoms with van der Waals surface area (Å²) in [7, 11) is 0. The monoisotopic (exact) mass is 388 g/mol. The van der Waals surface area contributed by atoms with Crippen molar-refractivity contribution in [1.29, 1.82) is 0 Å². The van der Waals surface area contributed by atoms with Crippen LogP contribution >= 0.6 is 0 Å². The van der Waals surface area contributed by atoms with Crippen molar-refractivity contribution in [3.05, 3.63) is 40.2 Å². The van der Waals surface area contributed by atoms with Gasteiger partial charge in [0, 0.05) is 43.9 Å². The fourth-order valence-corrected chi connectivity index (χ4v) is 2.88. The molecule has 0 bridgehead atoms. The van der Waals surface area contributed by atoms with Crippen molar-refractivity contribution in [2.24, 2.45) is 0 Å². The lowest BCUT2D eigenvalue weighted by atomic mass is 10.2. The van der Waals surface area contributed by atoms with Crippen LogP contribution in [0.4, 0.5) is 10.5 Å². The largest absolute Gasteiger partial charge is 0.444 e. The van der Waals surface area contributed by atoms with E-state index in [2.05, 4.69) is 20.1 Å². The SMILES string of the molecule is CC(C)(C)OC(=O)N1CCN(Cc2nc(-c3cccc([N+](=O)[O-])c3)n[nH]2)CC1. The summed E-state index contributed by atoms with van der Waals surface area (Å²) in [6, 6.07) is 6.23. The van der Waals surface area contributed by atoms with E-state index in [1.165, 1.54) is 12.1 Å². The first kappa shape index (κ1) is 19.7.